The minimum atomic E-state index is -0.212. The average molecular weight is 336 g/mol. The lowest BCUT2D eigenvalue weighted by atomic mass is 10.1. The topological polar surface area (TPSA) is 67.2 Å². The number of carbonyl (C=O) groups is 2. The molecule has 6 nitrogen and oxygen atoms in total. The van der Waals surface area contributed by atoms with Gasteiger partial charge in [-0.25, -0.2) is 4.98 Å². The number of aromatic nitrogens is 2. The first-order chi connectivity index (χ1) is 11.1. The van der Waals surface area contributed by atoms with Crippen molar-refractivity contribution in [3.05, 3.63) is 11.9 Å². The minimum Gasteiger partial charge on any atom is -0.350 e. The molecule has 2 heterocycles. The number of hydrogen-bond donors (Lipinski definition) is 1. The van der Waals surface area contributed by atoms with Crippen LogP contribution in [-0.2, 0) is 23.2 Å². The molecular formula is C16H24N4O2S. The quantitative estimate of drug-likeness (QED) is 0.829. The van der Waals surface area contributed by atoms with Crippen LogP contribution in [0.3, 0.4) is 0 Å². The third-order valence-electron chi connectivity index (χ3n) is 4.96. The van der Waals surface area contributed by atoms with E-state index in [9.17, 15) is 9.59 Å². The van der Waals surface area contributed by atoms with E-state index in [0.717, 1.165) is 23.7 Å². The van der Waals surface area contributed by atoms with Crippen LogP contribution >= 0.6 is 11.8 Å². The van der Waals surface area contributed by atoms with Crippen molar-refractivity contribution in [3.8, 4) is 0 Å². The number of nitrogens with zero attached hydrogens (tertiary/aromatic N) is 3. The zero-order valence-corrected chi connectivity index (χ0v) is 14.6. The van der Waals surface area contributed by atoms with Crippen LogP contribution in [0.4, 0.5) is 0 Å². The lowest BCUT2D eigenvalue weighted by Gasteiger charge is -2.23. The Balaban J connectivity index is 1.54. The second-order valence-corrected chi connectivity index (χ2v) is 7.17. The summed E-state index contributed by atoms with van der Waals surface area (Å²) >= 11 is 1.58. The Kier molecular flexibility index (Phi) is 4.94. The summed E-state index contributed by atoms with van der Waals surface area (Å²) in [6.45, 7) is 1.04. The third kappa shape index (κ3) is 3.39. The van der Waals surface area contributed by atoms with E-state index in [1.54, 1.807) is 18.0 Å². The number of imidazole rings is 1. The van der Waals surface area contributed by atoms with Crippen LogP contribution in [0.2, 0.25) is 0 Å². The van der Waals surface area contributed by atoms with Crippen LogP contribution in [0, 0.1) is 5.92 Å². The number of carbonyl (C=O) groups excluding carboxylic acids is 2. The van der Waals surface area contributed by atoms with Crippen LogP contribution in [0.15, 0.2) is 11.4 Å². The van der Waals surface area contributed by atoms with Crippen molar-refractivity contribution in [1.82, 2.24) is 19.8 Å². The van der Waals surface area contributed by atoms with Crippen molar-refractivity contribution in [2.75, 3.05) is 12.8 Å². The van der Waals surface area contributed by atoms with Gasteiger partial charge in [-0.05, 0) is 19.1 Å². The smallest absolute Gasteiger partial charge is 0.225 e. The van der Waals surface area contributed by atoms with E-state index in [-0.39, 0.29) is 17.7 Å². The fourth-order valence-electron chi connectivity index (χ4n) is 3.58. The fourth-order valence-corrected chi connectivity index (χ4v) is 4.13. The van der Waals surface area contributed by atoms with Crippen molar-refractivity contribution >= 4 is 23.6 Å². The number of thioether (sulfide) groups is 1. The van der Waals surface area contributed by atoms with Gasteiger partial charge in [0.2, 0.25) is 11.8 Å². The lowest BCUT2D eigenvalue weighted by molar-refractivity contribution is -0.130. The molecule has 2 fully saturated rings. The molecule has 126 valence electrons. The molecule has 1 N–H and O–H groups in total. The van der Waals surface area contributed by atoms with Crippen molar-refractivity contribution in [2.24, 2.45) is 13.0 Å². The normalized spacial score (nSPS) is 22.1. The summed E-state index contributed by atoms with van der Waals surface area (Å²) in [5, 5.41) is 3.89. The summed E-state index contributed by atoms with van der Waals surface area (Å²) in [5.74, 6) is -0.0932. The number of nitrogens with one attached hydrogen (secondary N) is 1. The molecule has 0 radical (unpaired) electrons. The molecule has 1 aromatic heterocycles. The van der Waals surface area contributed by atoms with Gasteiger partial charge in [-0.2, -0.15) is 0 Å². The SMILES string of the molecule is CSc1ncc(CNC(=O)[C@H]2CC(=O)N(C3CCCC3)C2)n1C. The van der Waals surface area contributed by atoms with Crippen molar-refractivity contribution in [2.45, 2.75) is 49.8 Å². The van der Waals surface area contributed by atoms with Crippen LogP contribution in [0.1, 0.15) is 37.8 Å². The summed E-state index contributed by atoms with van der Waals surface area (Å²) in [6.07, 6.45) is 8.69. The second kappa shape index (κ2) is 6.95. The Bertz CT molecular complexity index is 595. The van der Waals surface area contributed by atoms with Gasteiger partial charge in [0.15, 0.2) is 5.16 Å². The van der Waals surface area contributed by atoms with Gasteiger partial charge in [0, 0.05) is 26.1 Å². The molecule has 2 aliphatic rings. The maximum absolute atomic E-state index is 12.4. The molecule has 1 saturated carbocycles. The standard InChI is InChI=1S/C16H24N4O2S/c1-19-13(9-18-16(19)23-2)8-17-15(22)11-7-14(21)20(10-11)12-5-3-4-6-12/h9,11-12H,3-8,10H2,1-2H3,(H,17,22)/t11-/m0/s1. The maximum Gasteiger partial charge on any atom is 0.225 e. The van der Waals surface area contributed by atoms with Gasteiger partial charge in [0.1, 0.15) is 0 Å². The second-order valence-electron chi connectivity index (χ2n) is 6.40. The van der Waals surface area contributed by atoms with E-state index >= 15 is 0 Å². The zero-order chi connectivity index (χ0) is 16.4. The van der Waals surface area contributed by atoms with Gasteiger partial charge in [-0.15, -0.1) is 0 Å². The van der Waals surface area contributed by atoms with Gasteiger partial charge in [-0.3, -0.25) is 9.59 Å². The van der Waals surface area contributed by atoms with E-state index in [0.29, 0.717) is 25.6 Å². The molecule has 0 spiro atoms. The van der Waals surface area contributed by atoms with Gasteiger partial charge in [0.05, 0.1) is 24.4 Å². The fraction of sp³-hybridized carbons (Fsp3) is 0.688. The van der Waals surface area contributed by atoms with Crippen molar-refractivity contribution in [3.63, 3.8) is 0 Å². The zero-order valence-electron chi connectivity index (χ0n) is 13.7. The molecule has 1 atom stereocenters. The summed E-state index contributed by atoms with van der Waals surface area (Å²) < 4.78 is 1.98. The Morgan fingerprint density at radius 3 is 2.83 bits per heavy atom. The number of likely N-dealkylation sites (tertiary alicyclic amines) is 1. The lowest BCUT2D eigenvalue weighted by Crippen LogP contribution is -2.37. The molecule has 23 heavy (non-hydrogen) atoms. The molecule has 7 heteroatoms. The number of hydrogen-bond acceptors (Lipinski definition) is 4. The third-order valence-corrected chi connectivity index (χ3v) is 5.71. The molecule has 2 amide bonds. The highest BCUT2D eigenvalue weighted by atomic mass is 32.2. The first kappa shape index (κ1) is 16.4. The predicted molar refractivity (Wildman–Crippen MR) is 88.9 cm³/mol. The first-order valence-electron chi connectivity index (χ1n) is 8.22. The van der Waals surface area contributed by atoms with Gasteiger partial charge in [-0.1, -0.05) is 24.6 Å². The van der Waals surface area contributed by atoms with Gasteiger partial charge >= 0.3 is 0 Å². The van der Waals surface area contributed by atoms with E-state index in [1.165, 1.54) is 12.8 Å². The Morgan fingerprint density at radius 2 is 2.17 bits per heavy atom. The van der Waals surface area contributed by atoms with Crippen LogP contribution in [0.5, 0.6) is 0 Å². The Labute approximate surface area is 141 Å². The van der Waals surface area contributed by atoms with E-state index in [4.69, 9.17) is 0 Å². The summed E-state index contributed by atoms with van der Waals surface area (Å²) in [6, 6.07) is 0.363. The van der Waals surface area contributed by atoms with Crippen LogP contribution in [-0.4, -0.2) is 45.1 Å². The molecule has 1 aliphatic carbocycles. The largest absolute Gasteiger partial charge is 0.350 e. The van der Waals surface area contributed by atoms with E-state index < -0.39 is 0 Å². The molecule has 1 saturated heterocycles. The predicted octanol–water partition coefficient (Wildman–Crippen LogP) is 1.55. The number of rotatable bonds is 5. The summed E-state index contributed by atoms with van der Waals surface area (Å²) in [4.78, 5) is 30.8. The maximum atomic E-state index is 12.4. The highest BCUT2D eigenvalue weighted by Gasteiger charge is 2.38. The minimum absolute atomic E-state index is 0.0225. The van der Waals surface area contributed by atoms with Gasteiger partial charge < -0.3 is 14.8 Å². The molecule has 0 bridgehead atoms. The van der Waals surface area contributed by atoms with Crippen molar-refractivity contribution in [1.29, 1.82) is 0 Å². The van der Waals surface area contributed by atoms with Gasteiger partial charge in [0.25, 0.3) is 0 Å². The van der Waals surface area contributed by atoms with E-state index in [1.807, 2.05) is 22.8 Å². The highest BCUT2D eigenvalue weighted by Crippen LogP contribution is 2.29. The molecule has 3 rings (SSSR count). The first-order valence-corrected chi connectivity index (χ1v) is 9.44. The van der Waals surface area contributed by atoms with Crippen LogP contribution < -0.4 is 5.32 Å². The molecule has 1 aromatic rings. The monoisotopic (exact) mass is 336 g/mol. The van der Waals surface area contributed by atoms with E-state index in [2.05, 4.69) is 10.3 Å². The highest BCUT2D eigenvalue weighted by molar-refractivity contribution is 7.98. The number of amides is 2. The molecule has 1 aliphatic heterocycles. The summed E-state index contributed by atoms with van der Waals surface area (Å²) in [5.41, 5.74) is 0.972. The average Bonchev–Trinajstić information content (AvgIpc) is 3.25. The van der Waals surface area contributed by atoms with Crippen molar-refractivity contribution < 1.29 is 9.59 Å². The van der Waals surface area contributed by atoms with Crippen LogP contribution in [0.25, 0.3) is 0 Å². The Morgan fingerprint density at radius 1 is 1.43 bits per heavy atom. The summed E-state index contributed by atoms with van der Waals surface area (Å²) in [7, 11) is 1.95. The molecule has 0 aromatic carbocycles. The molecular weight excluding hydrogens is 312 g/mol. The Hall–Kier alpha value is -1.50. The molecule has 0 unspecified atom stereocenters.